The summed E-state index contributed by atoms with van der Waals surface area (Å²) in [6.07, 6.45) is 15.8. The van der Waals surface area contributed by atoms with Crippen molar-refractivity contribution in [1.29, 1.82) is 0 Å². The molecule has 0 saturated heterocycles. The van der Waals surface area contributed by atoms with Crippen LogP contribution in [0.2, 0.25) is 5.02 Å². The number of benzene rings is 3. The van der Waals surface area contributed by atoms with Gasteiger partial charge in [0.25, 0.3) is 0 Å². The van der Waals surface area contributed by atoms with Gasteiger partial charge in [-0.15, -0.1) is 0 Å². The second-order valence-electron chi connectivity index (χ2n) is 9.18. The van der Waals surface area contributed by atoms with Crippen molar-refractivity contribution in [3.8, 4) is 11.1 Å². The van der Waals surface area contributed by atoms with E-state index in [9.17, 15) is 9.18 Å². The van der Waals surface area contributed by atoms with E-state index in [1.165, 1.54) is 23.3 Å². The molecule has 1 N–H and O–H groups in total. The molecule has 4 heteroatoms. The zero-order valence-electron chi connectivity index (χ0n) is 19.0. The van der Waals surface area contributed by atoms with Gasteiger partial charge in [-0.05, 0) is 94.1 Å². The predicted octanol–water partition coefficient (Wildman–Crippen LogP) is 5.81. The first-order chi connectivity index (χ1) is 17.1. The fourth-order valence-corrected chi connectivity index (χ4v) is 5.60. The molecule has 0 spiro atoms. The van der Waals surface area contributed by atoms with Crippen molar-refractivity contribution in [2.45, 2.75) is 18.8 Å². The number of halogens is 2. The fraction of sp³-hybridized carbons (Fsp3) is 0.129. The summed E-state index contributed by atoms with van der Waals surface area (Å²) in [5.41, 5.74) is 6.32. The maximum atomic E-state index is 13.6. The second kappa shape index (κ2) is 8.83. The number of carbonyl (C=O) groups excluding carboxylic acids is 1. The number of hydrogen-bond acceptors (Lipinski definition) is 2. The van der Waals surface area contributed by atoms with E-state index in [4.69, 9.17) is 11.6 Å². The Labute approximate surface area is 208 Å². The van der Waals surface area contributed by atoms with Crippen LogP contribution in [0.5, 0.6) is 0 Å². The molecule has 2 unspecified atom stereocenters. The zero-order chi connectivity index (χ0) is 23.9. The standard InChI is InChI=1S/C31H23ClFNO/c32-22-9-5-19-8-12-25-24(27(19)18-22)13-14-26-28(25)16-21(31(35)20-6-10-23(33)11-7-20)17-29(26)30-4-2-1-3-15-34-30/h1-7,9-16,18,21,29,34H,8,17H2. The number of nitrogens with one attached hydrogen (secondary N) is 1. The third-order valence-electron chi connectivity index (χ3n) is 7.13. The molecule has 3 aromatic carbocycles. The first-order valence-corrected chi connectivity index (χ1v) is 12.2. The van der Waals surface area contributed by atoms with Crippen LogP contribution in [0.1, 0.15) is 33.8 Å². The largest absolute Gasteiger partial charge is 0.364 e. The van der Waals surface area contributed by atoms with E-state index in [1.54, 1.807) is 12.1 Å². The minimum Gasteiger partial charge on any atom is -0.364 e. The maximum absolute atomic E-state index is 13.6. The number of fused-ring (bicyclic) bond motifs is 5. The Kier molecular flexibility index (Phi) is 5.50. The molecule has 3 aromatic rings. The molecule has 1 aliphatic heterocycles. The Balaban J connectivity index is 1.54. The van der Waals surface area contributed by atoms with Crippen molar-refractivity contribution in [2.75, 3.05) is 0 Å². The third kappa shape index (κ3) is 3.96. The lowest BCUT2D eigenvalue weighted by molar-refractivity contribution is 0.0943. The Morgan fingerprint density at radius 2 is 1.80 bits per heavy atom. The summed E-state index contributed by atoms with van der Waals surface area (Å²) in [6.45, 7) is 0. The van der Waals surface area contributed by atoms with Gasteiger partial charge in [0.1, 0.15) is 5.82 Å². The summed E-state index contributed by atoms with van der Waals surface area (Å²) in [4.78, 5) is 13.6. The first kappa shape index (κ1) is 21.8. The van der Waals surface area contributed by atoms with Gasteiger partial charge in [0.05, 0.1) is 0 Å². The number of carbonyl (C=O) groups is 1. The second-order valence-corrected chi connectivity index (χ2v) is 9.62. The highest BCUT2D eigenvalue weighted by atomic mass is 35.5. The molecule has 2 atom stereocenters. The molecule has 2 nitrogen and oxygen atoms in total. The molecule has 2 aliphatic carbocycles. The lowest BCUT2D eigenvalue weighted by Gasteiger charge is -2.30. The van der Waals surface area contributed by atoms with Gasteiger partial charge >= 0.3 is 0 Å². The monoisotopic (exact) mass is 479 g/mol. The van der Waals surface area contributed by atoms with Gasteiger partial charge in [-0.25, -0.2) is 4.39 Å². The lowest BCUT2D eigenvalue weighted by Crippen LogP contribution is -2.39. The lowest BCUT2D eigenvalue weighted by atomic mass is 9.75. The van der Waals surface area contributed by atoms with Crippen LogP contribution in [-0.4, -0.2) is 5.78 Å². The van der Waals surface area contributed by atoms with Crippen LogP contribution in [-0.2, 0) is 6.42 Å². The van der Waals surface area contributed by atoms with Gasteiger partial charge in [0.2, 0.25) is 0 Å². The summed E-state index contributed by atoms with van der Waals surface area (Å²) in [6, 6.07) is 16.3. The highest BCUT2D eigenvalue weighted by Gasteiger charge is 2.31. The van der Waals surface area contributed by atoms with Crippen molar-refractivity contribution in [1.82, 2.24) is 5.32 Å². The average molecular weight is 480 g/mol. The SMILES string of the molecule is O=C(c1ccc(F)cc1)C1C=c2c(ccc3c2=CCc2ccc(Cl)cc2-3)C(C2=CC=CC=CN2)C1. The molecule has 0 amide bonds. The van der Waals surface area contributed by atoms with E-state index >= 15 is 0 Å². The summed E-state index contributed by atoms with van der Waals surface area (Å²) in [5.74, 6) is -0.628. The molecule has 0 aromatic heterocycles. The number of rotatable bonds is 3. The van der Waals surface area contributed by atoms with Gasteiger partial charge < -0.3 is 5.32 Å². The molecular weight excluding hydrogens is 457 g/mol. The van der Waals surface area contributed by atoms with Crippen LogP contribution < -0.4 is 15.8 Å². The average Bonchev–Trinajstić information content (AvgIpc) is 3.17. The minimum atomic E-state index is -0.343. The van der Waals surface area contributed by atoms with Gasteiger partial charge in [-0.3, -0.25) is 4.79 Å². The summed E-state index contributed by atoms with van der Waals surface area (Å²) in [7, 11) is 0. The quantitative estimate of drug-likeness (QED) is 0.480. The molecule has 6 rings (SSSR count). The van der Waals surface area contributed by atoms with Crippen molar-refractivity contribution >= 4 is 29.5 Å². The van der Waals surface area contributed by atoms with E-state index < -0.39 is 0 Å². The van der Waals surface area contributed by atoms with E-state index in [2.05, 4.69) is 41.7 Å². The van der Waals surface area contributed by atoms with Gasteiger partial charge in [0.15, 0.2) is 5.78 Å². The molecule has 0 fully saturated rings. The fourth-order valence-electron chi connectivity index (χ4n) is 5.43. The van der Waals surface area contributed by atoms with Gasteiger partial charge in [-0.1, -0.05) is 54.1 Å². The molecule has 0 saturated carbocycles. The van der Waals surface area contributed by atoms with Crippen molar-refractivity contribution in [3.63, 3.8) is 0 Å². The highest BCUT2D eigenvalue weighted by molar-refractivity contribution is 6.30. The van der Waals surface area contributed by atoms with Crippen molar-refractivity contribution in [3.05, 3.63) is 129 Å². The topological polar surface area (TPSA) is 29.1 Å². The molecule has 35 heavy (non-hydrogen) atoms. The van der Waals surface area contributed by atoms with Gasteiger partial charge in [-0.2, -0.15) is 0 Å². The summed E-state index contributed by atoms with van der Waals surface area (Å²) >= 11 is 6.35. The Morgan fingerprint density at radius 3 is 2.66 bits per heavy atom. The van der Waals surface area contributed by atoms with Crippen LogP contribution in [0.4, 0.5) is 4.39 Å². The molecule has 0 radical (unpaired) electrons. The van der Waals surface area contributed by atoms with Gasteiger partial charge in [0, 0.05) is 34.3 Å². The van der Waals surface area contributed by atoms with Crippen LogP contribution in [0.3, 0.4) is 0 Å². The van der Waals surface area contributed by atoms with E-state index in [1.807, 2.05) is 36.6 Å². The molecule has 1 heterocycles. The van der Waals surface area contributed by atoms with Crippen LogP contribution in [0.15, 0.2) is 90.8 Å². The Morgan fingerprint density at radius 1 is 0.943 bits per heavy atom. The molecule has 0 bridgehead atoms. The number of hydrogen-bond donors (Lipinski definition) is 1. The highest BCUT2D eigenvalue weighted by Crippen LogP contribution is 2.35. The Bertz CT molecular complexity index is 1560. The molecule has 172 valence electrons. The third-order valence-corrected chi connectivity index (χ3v) is 7.36. The van der Waals surface area contributed by atoms with Crippen LogP contribution in [0.25, 0.3) is 23.3 Å². The van der Waals surface area contributed by atoms with Crippen LogP contribution >= 0.6 is 11.6 Å². The van der Waals surface area contributed by atoms with E-state index in [-0.39, 0.29) is 23.4 Å². The molecule has 3 aliphatic rings. The van der Waals surface area contributed by atoms with Crippen LogP contribution in [0, 0.1) is 11.7 Å². The number of allylic oxidation sites excluding steroid dienone is 5. The minimum absolute atomic E-state index is 0.0119. The maximum Gasteiger partial charge on any atom is 0.169 e. The number of ketones is 1. The number of Topliss-reactive ketones (excluding diaryl/α,β-unsaturated/α-hetero) is 1. The van der Waals surface area contributed by atoms with Crippen molar-refractivity contribution < 1.29 is 9.18 Å². The first-order valence-electron chi connectivity index (χ1n) is 11.8. The van der Waals surface area contributed by atoms with E-state index in [0.717, 1.165) is 33.7 Å². The Hall–Kier alpha value is -3.69. The smallest absolute Gasteiger partial charge is 0.169 e. The predicted molar refractivity (Wildman–Crippen MR) is 140 cm³/mol. The zero-order valence-corrected chi connectivity index (χ0v) is 19.7. The van der Waals surface area contributed by atoms with E-state index in [0.29, 0.717) is 17.0 Å². The summed E-state index contributed by atoms with van der Waals surface area (Å²) in [5, 5.41) is 6.39. The normalized spacial score (nSPS) is 19.7. The summed E-state index contributed by atoms with van der Waals surface area (Å²) < 4.78 is 13.5. The molecular formula is C31H23ClFNO. The van der Waals surface area contributed by atoms with Crippen molar-refractivity contribution in [2.24, 2.45) is 5.92 Å².